The summed E-state index contributed by atoms with van der Waals surface area (Å²) in [5, 5.41) is 8.61. The molecule has 0 saturated heterocycles. The summed E-state index contributed by atoms with van der Waals surface area (Å²) >= 11 is 0. The SMILES string of the molecule is CC(C)(C)NC(=O)c1ccc(-n2ccc(-c3cc4ccccc4o3)n2)cc1. The first-order valence-electron chi connectivity index (χ1n) is 8.87. The molecule has 2 heterocycles. The molecular formula is C22H21N3O2. The van der Waals surface area contributed by atoms with Crippen molar-refractivity contribution >= 4 is 16.9 Å². The van der Waals surface area contributed by atoms with Gasteiger partial charge in [0, 0.05) is 22.7 Å². The number of nitrogens with one attached hydrogen (secondary N) is 1. The van der Waals surface area contributed by atoms with E-state index in [0.29, 0.717) is 5.56 Å². The summed E-state index contributed by atoms with van der Waals surface area (Å²) in [5.41, 5.74) is 2.85. The second kappa shape index (κ2) is 6.43. The predicted molar refractivity (Wildman–Crippen MR) is 106 cm³/mol. The minimum Gasteiger partial charge on any atom is -0.454 e. The Balaban J connectivity index is 1.57. The van der Waals surface area contributed by atoms with Crippen molar-refractivity contribution in [2.75, 3.05) is 0 Å². The average molecular weight is 359 g/mol. The third-order valence-corrected chi connectivity index (χ3v) is 4.15. The van der Waals surface area contributed by atoms with Gasteiger partial charge in [0.2, 0.25) is 0 Å². The molecule has 1 N–H and O–H groups in total. The maximum Gasteiger partial charge on any atom is 0.251 e. The minimum absolute atomic E-state index is 0.0857. The maximum atomic E-state index is 12.2. The van der Waals surface area contributed by atoms with Gasteiger partial charge in [0.05, 0.1) is 5.69 Å². The van der Waals surface area contributed by atoms with Crippen LogP contribution in [0.25, 0.3) is 28.1 Å². The predicted octanol–water partition coefficient (Wildman–Crippen LogP) is 4.81. The van der Waals surface area contributed by atoms with Gasteiger partial charge in [-0.3, -0.25) is 4.79 Å². The Morgan fingerprint density at radius 1 is 1.04 bits per heavy atom. The number of nitrogens with zero attached hydrogens (tertiary/aromatic N) is 2. The Kier molecular flexibility index (Phi) is 4.07. The number of hydrogen-bond acceptors (Lipinski definition) is 3. The molecule has 4 rings (SSSR count). The van der Waals surface area contributed by atoms with E-state index in [2.05, 4.69) is 10.4 Å². The minimum atomic E-state index is -0.265. The molecule has 0 aliphatic carbocycles. The molecule has 136 valence electrons. The fraction of sp³-hybridized carbons (Fsp3) is 0.182. The molecule has 27 heavy (non-hydrogen) atoms. The van der Waals surface area contributed by atoms with E-state index in [1.54, 1.807) is 16.8 Å². The van der Waals surface area contributed by atoms with E-state index in [4.69, 9.17) is 4.42 Å². The van der Waals surface area contributed by atoms with Crippen LogP contribution in [0, 0.1) is 0 Å². The zero-order valence-electron chi connectivity index (χ0n) is 15.6. The van der Waals surface area contributed by atoms with Gasteiger partial charge in [0.25, 0.3) is 5.91 Å². The molecule has 0 aliphatic rings. The molecule has 1 amide bonds. The standard InChI is InChI=1S/C22H21N3O2/c1-22(2,3)23-21(26)15-8-10-17(11-9-15)25-13-12-18(24-25)20-14-16-6-4-5-7-19(16)27-20/h4-14H,1-3H3,(H,23,26). The Morgan fingerprint density at radius 3 is 2.48 bits per heavy atom. The number of rotatable bonds is 3. The van der Waals surface area contributed by atoms with Crippen LogP contribution in [-0.4, -0.2) is 21.2 Å². The quantitative estimate of drug-likeness (QED) is 0.571. The fourth-order valence-electron chi connectivity index (χ4n) is 2.89. The van der Waals surface area contributed by atoms with Gasteiger partial charge in [-0.2, -0.15) is 5.10 Å². The summed E-state index contributed by atoms with van der Waals surface area (Å²) in [7, 11) is 0. The van der Waals surface area contributed by atoms with Crippen LogP contribution in [0.5, 0.6) is 0 Å². The molecule has 0 radical (unpaired) electrons. The number of amides is 1. The zero-order chi connectivity index (χ0) is 19.0. The number of benzene rings is 2. The largest absolute Gasteiger partial charge is 0.454 e. The number of furan rings is 1. The zero-order valence-corrected chi connectivity index (χ0v) is 15.6. The van der Waals surface area contributed by atoms with Crippen molar-refractivity contribution in [1.82, 2.24) is 15.1 Å². The number of carbonyl (C=O) groups is 1. The van der Waals surface area contributed by atoms with Gasteiger partial charge >= 0.3 is 0 Å². The molecule has 0 aliphatic heterocycles. The highest BCUT2D eigenvalue weighted by Gasteiger charge is 2.15. The Labute approximate surface area is 157 Å². The lowest BCUT2D eigenvalue weighted by Gasteiger charge is -2.20. The molecule has 5 heteroatoms. The molecular weight excluding hydrogens is 338 g/mol. The van der Waals surface area contributed by atoms with Crippen LogP contribution in [0.1, 0.15) is 31.1 Å². The van der Waals surface area contributed by atoms with Gasteiger partial charge in [-0.1, -0.05) is 18.2 Å². The van der Waals surface area contributed by atoms with E-state index in [1.165, 1.54) is 0 Å². The smallest absolute Gasteiger partial charge is 0.251 e. The van der Waals surface area contributed by atoms with E-state index >= 15 is 0 Å². The molecule has 2 aromatic heterocycles. The molecule has 0 fully saturated rings. The van der Waals surface area contributed by atoms with Crippen molar-refractivity contribution in [3.05, 3.63) is 72.4 Å². The molecule has 0 atom stereocenters. The lowest BCUT2D eigenvalue weighted by atomic mass is 10.1. The second-order valence-electron chi connectivity index (χ2n) is 7.55. The summed E-state index contributed by atoms with van der Waals surface area (Å²) in [4.78, 5) is 12.2. The van der Waals surface area contributed by atoms with Crippen molar-refractivity contribution in [1.29, 1.82) is 0 Å². The van der Waals surface area contributed by atoms with E-state index < -0.39 is 0 Å². The van der Waals surface area contributed by atoms with E-state index in [-0.39, 0.29) is 11.4 Å². The lowest BCUT2D eigenvalue weighted by molar-refractivity contribution is 0.0919. The first kappa shape index (κ1) is 17.1. The van der Waals surface area contributed by atoms with Crippen LogP contribution in [0.4, 0.5) is 0 Å². The Hall–Kier alpha value is -3.34. The summed E-state index contributed by atoms with van der Waals surface area (Å²) in [6, 6.07) is 19.2. The summed E-state index contributed by atoms with van der Waals surface area (Å²) in [6.07, 6.45) is 1.88. The van der Waals surface area contributed by atoms with Gasteiger partial charge in [-0.25, -0.2) is 4.68 Å². The molecule has 0 unspecified atom stereocenters. The highest BCUT2D eigenvalue weighted by atomic mass is 16.3. The molecule has 0 bridgehead atoms. The normalized spacial score (nSPS) is 11.7. The van der Waals surface area contributed by atoms with E-state index in [9.17, 15) is 4.79 Å². The number of aromatic nitrogens is 2. The number of hydrogen-bond donors (Lipinski definition) is 1. The van der Waals surface area contributed by atoms with E-state index in [1.807, 2.05) is 75.5 Å². The van der Waals surface area contributed by atoms with Gasteiger partial charge < -0.3 is 9.73 Å². The van der Waals surface area contributed by atoms with Crippen molar-refractivity contribution in [3.63, 3.8) is 0 Å². The Morgan fingerprint density at radius 2 is 1.78 bits per heavy atom. The monoisotopic (exact) mass is 359 g/mol. The molecule has 0 saturated carbocycles. The first-order valence-corrected chi connectivity index (χ1v) is 8.87. The van der Waals surface area contributed by atoms with Crippen molar-refractivity contribution < 1.29 is 9.21 Å². The highest BCUT2D eigenvalue weighted by molar-refractivity contribution is 5.94. The molecule has 5 nitrogen and oxygen atoms in total. The lowest BCUT2D eigenvalue weighted by Crippen LogP contribution is -2.40. The molecule has 0 spiro atoms. The van der Waals surface area contributed by atoms with Gasteiger partial charge in [0.15, 0.2) is 5.76 Å². The highest BCUT2D eigenvalue weighted by Crippen LogP contribution is 2.26. The third kappa shape index (κ3) is 3.62. The topological polar surface area (TPSA) is 60.1 Å². The molecule has 2 aromatic carbocycles. The van der Waals surface area contributed by atoms with Crippen LogP contribution in [0.3, 0.4) is 0 Å². The first-order chi connectivity index (χ1) is 12.9. The average Bonchev–Trinajstić information content (AvgIpc) is 3.27. The number of carbonyl (C=O) groups excluding carboxylic acids is 1. The summed E-state index contributed by atoms with van der Waals surface area (Å²) < 4.78 is 7.64. The third-order valence-electron chi connectivity index (χ3n) is 4.15. The van der Waals surface area contributed by atoms with Crippen molar-refractivity contribution in [2.45, 2.75) is 26.3 Å². The van der Waals surface area contributed by atoms with Crippen LogP contribution in [-0.2, 0) is 0 Å². The maximum absolute atomic E-state index is 12.2. The van der Waals surface area contributed by atoms with Gasteiger partial charge in [0.1, 0.15) is 11.3 Å². The van der Waals surface area contributed by atoms with E-state index in [0.717, 1.165) is 28.1 Å². The van der Waals surface area contributed by atoms with Crippen molar-refractivity contribution in [3.8, 4) is 17.1 Å². The second-order valence-corrected chi connectivity index (χ2v) is 7.55. The number of para-hydroxylation sites is 1. The number of fused-ring (bicyclic) bond motifs is 1. The fourth-order valence-corrected chi connectivity index (χ4v) is 2.89. The van der Waals surface area contributed by atoms with Crippen LogP contribution < -0.4 is 5.32 Å². The van der Waals surface area contributed by atoms with Gasteiger partial charge in [-0.05, 0) is 63.2 Å². The Bertz CT molecular complexity index is 1070. The van der Waals surface area contributed by atoms with Crippen molar-refractivity contribution in [2.24, 2.45) is 0 Å². The summed E-state index contributed by atoms with van der Waals surface area (Å²) in [6.45, 7) is 5.88. The van der Waals surface area contributed by atoms with Crippen LogP contribution in [0.2, 0.25) is 0 Å². The van der Waals surface area contributed by atoms with Crippen LogP contribution in [0.15, 0.2) is 71.3 Å². The summed E-state index contributed by atoms with van der Waals surface area (Å²) in [5.74, 6) is 0.647. The molecule has 4 aromatic rings. The van der Waals surface area contributed by atoms with Gasteiger partial charge in [-0.15, -0.1) is 0 Å². The van der Waals surface area contributed by atoms with Crippen LogP contribution >= 0.6 is 0 Å².